The molecule has 0 aromatic heterocycles. The molecule has 2 unspecified atom stereocenters. The van der Waals surface area contributed by atoms with Crippen LogP contribution in [0.15, 0.2) is 18.2 Å². The number of thioether (sulfide) groups is 1. The van der Waals surface area contributed by atoms with Crippen LogP contribution in [0, 0.1) is 6.92 Å². The molecule has 1 heterocycles. The molecule has 2 atom stereocenters. The summed E-state index contributed by atoms with van der Waals surface area (Å²) in [5.74, 6) is -0.564. The Hall–Kier alpha value is -1.40. The molecule has 0 aliphatic carbocycles. The van der Waals surface area contributed by atoms with Crippen LogP contribution in [0.4, 0.5) is 10.5 Å². The first-order valence-electron chi connectivity index (χ1n) is 6.64. The van der Waals surface area contributed by atoms with Gasteiger partial charge in [-0.1, -0.05) is 24.6 Å². The number of rotatable bonds is 3. The number of halogens is 1. The third kappa shape index (κ3) is 3.44. The number of carbonyl (C=O) groups excluding carboxylic acids is 1. The van der Waals surface area contributed by atoms with Crippen LogP contribution >= 0.6 is 23.4 Å². The standard InChI is InChI=1S/C14H17ClN2O3S/c1-3-12-17(11(7-21-12)13(18)19)14(20)16-9-5-4-8(2)10(15)6-9/h4-6,11-12H,3,7H2,1-2H3,(H,16,20)(H,18,19). The SMILES string of the molecule is CCC1SCC(C(=O)O)N1C(=O)Nc1ccc(C)c(Cl)c1. The van der Waals surface area contributed by atoms with Crippen molar-refractivity contribution in [2.45, 2.75) is 31.7 Å². The predicted molar refractivity (Wildman–Crippen MR) is 85.0 cm³/mol. The molecule has 2 N–H and O–H groups in total. The smallest absolute Gasteiger partial charge is 0.327 e. The van der Waals surface area contributed by atoms with Crippen LogP contribution in [0.25, 0.3) is 0 Å². The molecule has 2 rings (SSSR count). The highest BCUT2D eigenvalue weighted by Crippen LogP contribution is 2.32. The zero-order valence-electron chi connectivity index (χ0n) is 11.8. The largest absolute Gasteiger partial charge is 0.480 e. The zero-order valence-corrected chi connectivity index (χ0v) is 13.4. The molecule has 1 fully saturated rings. The van der Waals surface area contributed by atoms with Gasteiger partial charge in [-0.15, -0.1) is 11.8 Å². The van der Waals surface area contributed by atoms with Crippen LogP contribution in [0.2, 0.25) is 5.02 Å². The molecular weight excluding hydrogens is 312 g/mol. The quantitative estimate of drug-likeness (QED) is 0.892. The molecule has 21 heavy (non-hydrogen) atoms. The Kier molecular flexibility index (Phi) is 5.00. The normalized spacial score (nSPS) is 21.4. The van der Waals surface area contributed by atoms with Crippen molar-refractivity contribution in [3.8, 4) is 0 Å². The van der Waals surface area contributed by atoms with Gasteiger partial charge in [0.1, 0.15) is 6.04 Å². The van der Waals surface area contributed by atoms with Gasteiger partial charge in [-0.25, -0.2) is 9.59 Å². The summed E-state index contributed by atoms with van der Waals surface area (Å²) >= 11 is 7.52. The fraction of sp³-hybridized carbons (Fsp3) is 0.429. The summed E-state index contributed by atoms with van der Waals surface area (Å²) in [6.45, 7) is 3.81. The lowest BCUT2D eigenvalue weighted by Gasteiger charge is -2.26. The average Bonchev–Trinajstić information content (AvgIpc) is 2.87. The molecule has 1 aliphatic rings. The van der Waals surface area contributed by atoms with Crippen molar-refractivity contribution in [1.82, 2.24) is 4.90 Å². The third-order valence-electron chi connectivity index (χ3n) is 3.38. The van der Waals surface area contributed by atoms with Crippen molar-refractivity contribution in [3.63, 3.8) is 0 Å². The van der Waals surface area contributed by atoms with Crippen molar-refractivity contribution in [3.05, 3.63) is 28.8 Å². The highest BCUT2D eigenvalue weighted by Gasteiger charge is 2.40. The van der Waals surface area contributed by atoms with E-state index >= 15 is 0 Å². The van der Waals surface area contributed by atoms with E-state index in [0.29, 0.717) is 22.9 Å². The Morgan fingerprint density at radius 1 is 1.52 bits per heavy atom. The van der Waals surface area contributed by atoms with E-state index in [0.717, 1.165) is 5.56 Å². The number of nitrogens with zero attached hydrogens (tertiary/aromatic N) is 1. The number of carboxylic acid groups (broad SMARTS) is 1. The number of aryl methyl sites for hydroxylation is 1. The van der Waals surface area contributed by atoms with Gasteiger partial charge in [0.2, 0.25) is 0 Å². The maximum Gasteiger partial charge on any atom is 0.327 e. The van der Waals surface area contributed by atoms with E-state index in [1.54, 1.807) is 12.1 Å². The second kappa shape index (κ2) is 6.58. The van der Waals surface area contributed by atoms with Crippen LogP contribution in [0.1, 0.15) is 18.9 Å². The summed E-state index contributed by atoms with van der Waals surface area (Å²) in [6.07, 6.45) is 0.705. The number of amides is 2. The van der Waals surface area contributed by atoms with Gasteiger partial charge in [0, 0.05) is 16.5 Å². The summed E-state index contributed by atoms with van der Waals surface area (Å²) in [5, 5.41) is 12.4. The first-order valence-corrected chi connectivity index (χ1v) is 8.06. The lowest BCUT2D eigenvalue weighted by molar-refractivity contribution is -0.141. The fourth-order valence-electron chi connectivity index (χ4n) is 2.20. The van der Waals surface area contributed by atoms with Gasteiger partial charge in [-0.3, -0.25) is 4.90 Å². The molecule has 0 radical (unpaired) electrons. The van der Waals surface area contributed by atoms with E-state index in [4.69, 9.17) is 11.6 Å². The number of benzene rings is 1. The minimum Gasteiger partial charge on any atom is -0.480 e. The molecule has 0 spiro atoms. The summed E-state index contributed by atoms with van der Waals surface area (Å²) in [5.41, 5.74) is 1.48. The predicted octanol–water partition coefficient (Wildman–Crippen LogP) is 3.42. The van der Waals surface area contributed by atoms with Crippen molar-refractivity contribution in [2.75, 3.05) is 11.1 Å². The summed E-state index contributed by atoms with van der Waals surface area (Å²) in [4.78, 5) is 25.1. The number of carbonyl (C=O) groups is 2. The molecule has 1 aliphatic heterocycles. The van der Waals surface area contributed by atoms with Gasteiger partial charge in [0.05, 0.1) is 5.37 Å². The van der Waals surface area contributed by atoms with E-state index in [2.05, 4.69) is 5.32 Å². The molecule has 7 heteroatoms. The Labute approximate surface area is 132 Å². The minimum absolute atomic E-state index is 0.118. The van der Waals surface area contributed by atoms with E-state index in [9.17, 15) is 14.7 Å². The maximum absolute atomic E-state index is 12.4. The van der Waals surface area contributed by atoms with Gasteiger partial charge >= 0.3 is 12.0 Å². The lowest BCUT2D eigenvalue weighted by Crippen LogP contribution is -2.47. The van der Waals surface area contributed by atoms with Gasteiger partial charge in [-0.05, 0) is 31.0 Å². The Balaban J connectivity index is 2.16. The molecule has 0 saturated carbocycles. The lowest BCUT2D eigenvalue weighted by atomic mass is 10.2. The second-order valence-electron chi connectivity index (χ2n) is 4.85. The molecule has 5 nitrogen and oxygen atoms in total. The first-order chi connectivity index (χ1) is 9.93. The van der Waals surface area contributed by atoms with E-state index < -0.39 is 18.0 Å². The van der Waals surface area contributed by atoms with Crippen LogP contribution in [0.3, 0.4) is 0 Å². The Morgan fingerprint density at radius 2 is 2.24 bits per heavy atom. The highest BCUT2D eigenvalue weighted by molar-refractivity contribution is 8.00. The fourth-order valence-corrected chi connectivity index (χ4v) is 3.73. The highest BCUT2D eigenvalue weighted by atomic mass is 35.5. The number of urea groups is 1. The number of aliphatic carboxylic acids is 1. The summed E-state index contributed by atoms with van der Waals surface area (Å²) in [6, 6.07) is 4.02. The monoisotopic (exact) mass is 328 g/mol. The topological polar surface area (TPSA) is 69.6 Å². The maximum atomic E-state index is 12.4. The minimum atomic E-state index is -0.976. The summed E-state index contributed by atoms with van der Waals surface area (Å²) < 4.78 is 0. The first kappa shape index (κ1) is 16.0. The number of anilines is 1. The van der Waals surface area contributed by atoms with E-state index in [1.807, 2.05) is 19.9 Å². The van der Waals surface area contributed by atoms with Gasteiger partial charge < -0.3 is 10.4 Å². The van der Waals surface area contributed by atoms with Crippen molar-refractivity contribution in [1.29, 1.82) is 0 Å². The van der Waals surface area contributed by atoms with Crippen LogP contribution in [0.5, 0.6) is 0 Å². The van der Waals surface area contributed by atoms with E-state index in [1.165, 1.54) is 16.7 Å². The number of carboxylic acids is 1. The molecule has 1 aromatic carbocycles. The zero-order chi connectivity index (χ0) is 15.6. The van der Waals surface area contributed by atoms with Gasteiger partial charge in [0.25, 0.3) is 0 Å². The number of nitrogens with one attached hydrogen (secondary N) is 1. The number of hydrogen-bond acceptors (Lipinski definition) is 3. The van der Waals surface area contributed by atoms with Crippen LogP contribution < -0.4 is 5.32 Å². The third-order valence-corrected chi connectivity index (χ3v) is 5.25. The number of hydrogen-bond donors (Lipinski definition) is 2. The van der Waals surface area contributed by atoms with Crippen molar-refractivity contribution < 1.29 is 14.7 Å². The molecule has 0 bridgehead atoms. The van der Waals surface area contributed by atoms with E-state index in [-0.39, 0.29) is 5.37 Å². The Bertz CT molecular complexity index is 567. The van der Waals surface area contributed by atoms with Crippen molar-refractivity contribution in [2.24, 2.45) is 0 Å². The average molecular weight is 329 g/mol. The second-order valence-corrected chi connectivity index (χ2v) is 6.47. The molecule has 1 saturated heterocycles. The van der Waals surface area contributed by atoms with Crippen molar-refractivity contribution >= 4 is 41.1 Å². The van der Waals surface area contributed by atoms with Gasteiger partial charge in [0.15, 0.2) is 0 Å². The molecular formula is C14H17ClN2O3S. The van der Waals surface area contributed by atoms with Gasteiger partial charge in [-0.2, -0.15) is 0 Å². The Morgan fingerprint density at radius 3 is 2.81 bits per heavy atom. The molecule has 2 amide bonds. The van der Waals surface area contributed by atoms with Crippen LogP contribution in [-0.2, 0) is 4.79 Å². The molecule has 1 aromatic rings. The summed E-state index contributed by atoms with van der Waals surface area (Å²) in [7, 11) is 0. The molecule has 114 valence electrons. The van der Waals surface area contributed by atoms with Crippen LogP contribution in [-0.4, -0.2) is 39.2 Å².